The number of hydrogen-bond donors (Lipinski definition) is 4. The van der Waals surface area contributed by atoms with Crippen molar-refractivity contribution in [3.8, 4) is 17.4 Å². The number of nitrogens with one attached hydrogen (secondary N) is 3. The van der Waals surface area contributed by atoms with Gasteiger partial charge in [0.1, 0.15) is 42.0 Å². The third kappa shape index (κ3) is 12.4. The summed E-state index contributed by atoms with van der Waals surface area (Å²) in [6, 6.07) is 6.67. The zero-order chi connectivity index (χ0) is 44.5. The summed E-state index contributed by atoms with van der Waals surface area (Å²) in [4.78, 5) is 52.9. The summed E-state index contributed by atoms with van der Waals surface area (Å²) in [6.45, 7) is 11.5. The van der Waals surface area contributed by atoms with Gasteiger partial charge in [-0.05, 0) is 46.2 Å². The number of alkyl halides is 1. The monoisotopic (exact) mass is 900 g/mol. The van der Waals surface area contributed by atoms with Crippen molar-refractivity contribution in [3.63, 3.8) is 0 Å². The molecular weight excluding hydrogens is 849 g/mol. The van der Waals surface area contributed by atoms with E-state index in [-0.39, 0.29) is 43.2 Å². The number of aromatic amines is 2. The third-order valence-electron chi connectivity index (χ3n) is 8.74. The lowest BCUT2D eigenvalue weighted by Crippen LogP contribution is -2.43. The van der Waals surface area contributed by atoms with Crippen LogP contribution < -0.4 is 35.9 Å². The number of aromatic nitrogens is 6. The number of esters is 1. The highest BCUT2D eigenvalue weighted by Gasteiger charge is 2.56. The molecule has 5 N–H and O–H groups in total. The molecule has 3 aliphatic heterocycles. The van der Waals surface area contributed by atoms with Crippen molar-refractivity contribution in [3.05, 3.63) is 63.7 Å². The molecule has 3 aliphatic rings. The molecule has 3 saturated heterocycles. The number of nitrogens with two attached hydrogens (primary N) is 1. The smallest absolute Gasteiger partial charge is 0.476 e. The fourth-order valence-electron chi connectivity index (χ4n) is 6.19. The van der Waals surface area contributed by atoms with Crippen LogP contribution in [0.25, 0.3) is 11.2 Å². The zero-order valence-electron chi connectivity index (χ0n) is 34.6. The molecule has 0 radical (unpaired) electrons. The number of anilines is 1. The Morgan fingerprint density at radius 2 is 1.97 bits per heavy atom. The first kappa shape index (κ1) is 47.3. The van der Waals surface area contributed by atoms with Crippen molar-refractivity contribution in [2.45, 2.75) is 91.2 Å². The minimum absolute atomic E-state index is 0.0772. The lowest BCUT2D eigenvalue weighted by atomic mass is 10.0. The van der Waals surface area contributed by atoms with Crippen LogP contribution in [0.2, 0.25) is 0 Å². The van der Waals surface area contributed by atoms with Crippen molar-refractivity contribution in [1.82, 2.24) is 34.6 Å². The van der Waals surface area contributed by atoms with E-state index in [0.29, 0.717) is 30.1 Å². The average Bonchev–Trinajstić information content (AvgIpc) is 3.90. The van der Waals surface area contributed by atoms with Crippen LogP contribution in [0.3, 0.4) is 0 Å². The molecular formula is C36H51FN8O14P2. The SMILES string of the molecule is CC.CC(C)OC(=O)CNP(=O)(OCC1C[C@H](C)C(n2ccc(=O)[nH]c2=O)O1)Oc1cccc(OP2(=O)OCC3OC[C@](C)(F)C3O2)c1.CCOc1nc(N)nc2nc[nH]c12. The molecule has 336 valence electrons. The Bertz CT molecular complexity index is 2330. The van der Waals surface area contributed by atoms with Gasteiger partial charge in [0.2, 0.25) is 11.8 Å². The molecule has 8 atom stereocenters. The number of rotatable bonds is 14. The van der Waals surface area contributed by atoms with E-state index in [2.05, 4.69) is 30.0 Å². The van der Waals surface area contributed by atoms with Crippen LogP contribution in [-0.4, -0.2) is 98.5 Å². The summed E-state index contributed by atoms with van der Waals surface area (Å²) >= 11 is 0. The predicted octanol–water partition coefficient (Wildman–Crippen LogP) is 4.59. The molecule has 3 fully saturated rings. The number of fused-ring (bicyclic) bond motifs is 2. The maximum Gasteiger partial charge on any atom is 0.530 e. The molecule has 0 saturated carbocycles. The number of phosphoric acid groups is 1. The van der Waals surface area contributed by atoms with Crippen LogP contribution in [0.4, 0.5) is 10.3 Å². The number of hydrogen-bond acceptors (Lipinski definition) is 18. The highest BCUT2D eigenvalue weighted by Crippen LogP contribution is 2.57. The number of benzene rings is 1. The molecule has 25 heteroatoms. The highest BCUT2D eigenvalue weighted by atomic mass is 31.2. The molecule has 3 aromatic heterocycles. The van der Waals surface area contributed by atoms with Gasteiger partial charge >= 0.3 is 27.2 Å². The van der Waals surface area contributed by atoms with Gasteiger partial charge in [-0.3, -0.25) is 32.7 Å². The van der Waals surface area contributed by atoms with E-state index in [9.17, 15) is 27.9 Å². The van der Waals surface area contributed by atoms with Crippen molar-refractivity contribution in [1.29, 1.82) is 0 Å². The minimum atomic E-state index is -4.33. The summed E-state index contributed by atoms with van der Waals surface area (Å²) in [6.07, 6.45) is -0.469. The average molecular weight is 901 g/mol. The summed E-state index contributed by atoms with van der Waals surface area (Å²) < 4.78 is 92.3. The number of carbonyl (C=O) groups excluding carboxylic acids is 1. The van der Waals surface area contributed by atoms with E-state index in [4.69, 9.17) is 47.3 Å². The van der Waals surface area contributed by atoms with Crippen molar-refractivity contribution in [2.24, 2.45) is 5.92 Å². The lowest BCUT2D eigenvalue weighted by Gasteiger charge is -2.33. The van der Waals surface area contributed by atoms with Crippen LogP contribution in [0, 0.1) is 5.92 Å². The first-order valence-corrected chi connectivity index (χ1v) is 22.4. The van der Waals surface area contributed by atoms with E-state index in [1.54, 1.807) is 13.8 Å². The van der Waals surface area contributed by atoms with E-state index < -0.39 is 75.6 Å². The van der Waals surface area contributed by atoms with Gasteiger partial charge in [-0.15, -0.1) is 0 Å². The van der Waals surface area contributed by atoms with Crippen LogP contribution in [0.1, 0.15) is 61.1 Å². The lowest BCUT2D eigenvalue weighted by molar-refractivity contribution is -0.146. The quantitative estimate of drug-likeness (QED) is 0.0994. The Morgan fingerprint density at radius 3 is 2.69 bits per heavy atom. The van der Waals surface area contributed by atoms with Crippen LogP contribution in [0.5, 0.6) is 17.4 Å². The molecule has 0 bridgehead atoms. The fourth-order valence-corrected chi connectivity index (χ4v) is 8.96. The molecule has 1 aromatic carbocycles. The Labute approximate surface area is 349 Å². The summed E-state index contributed by atoms with van der Waals surface area (Å²) in [7, 11) is -8.61. The van der Waals surface area contributed by atoms with Gasteiger partial charge < -0.3 is 38.7 Å². The molecule has 0 spiro atoms. The number of H-pyrrole nitrogens is 2. The van der Waals surface area contributed by atoms with E-state index >= 15 is 0 Å². The van der Waals surface area contributed by atoms with Gasteiger partial charge in [0.05, 0.1) is 45.0 Å². The molecule has 7 rings (SSSR count). The summed E-state index contributed by atoms with van der Waals surface area (Å²) in [5.74, 6) is -0.447. The fraction of sp³-hybridized carbons (Fsp3) is 0.556. The highest BCUT2D eigenvalue weighted by molar-refractivity contribution is 7.52. The maximum absolute atomic E-state index is 14.8. The number of imidazole rings is 1. The van der Waals surface area contributed by atoms with Gasteiger partial charge in [0, 0.05) is 24.2 Å². The number of nitrogen functional groups attached to an aromatic ring is 1. The Morgan fingerprint density at radius 1 is 1.21 bits per heavy atom. The molecule has 6 unspecified atom stereocenters. The Hall–Kier alpha value is -4.73. The molecule has 6 heterocycles. The number of carbonyl (C=O) groups is 1. The largest absolute Gasteiger partial charge is 0.530 e. The maximum atomic E-state index is 14.8. The second kappa shape index (κ2) is 20.4. The van der Waals surface area contributed by atoms with Gasteiger partial charge in [-0.25, -0.2) is 28.4 Å². The molecule has 22 nitrogen and oxygen atoms in total. The van der Waals surface area contributed by atoms with E-state index in [1.165, 1.54) is 54.3 Å². The molecule has 4 aromatic rings. The standard InChI is InChI=1S/C27H36FN3O13P2.C7H9N5O.C2H6/c1-16(2)40-23(33)12-29-45(35,38-13-20-10-17(3)25(41-20)31-9-8-22(32)30-26(31)34)42-18-6-5-7-19(11-18)43-46(36)39-14-21-24(44-46)27(4,28)15-37-21;1-2-13-6-4-5(10-3-9-4)11-7(8)12-6;1-2/h5-9,11,16-17,20-21,24-25H,10,12-15H2,1-4H3,(H,29,35)(H,30,32,34);3H,2H2,1H3,(H3,8,9,10,11,12);1-2H3/t17-,20?,21?,24?,25?,27-,45?,46?;;/m0../s1. The van der Waals surface area contributed by atoms with Gasteiger partial charge in [0.25, 0.3) is 5.56 Å². The summed E-state index contributed by atoms with van der Waals surface area (Å²) in [5.41, 5.74) is 3.56. The second-order valence-corrected chi connectivity index (χ2v) is 17.3. The van der Waals surface area contributed by atoms with E-state index in [1.807, 2.05) is 27.7 Å². The van der Waals surface area contributed by atoms with Crippen molar-refractivity contribution in [2.75, 3.05) is 38.7 Å². The Balaban J connectivity index is 0.000000395. The van der Waals surface area contributed by atoms with E-state index in [0.717, 1.165) is 0 Å². The molecule has 0 amide bonds. The minimum Gasteiger partial charge on any atom is -0.476 e. The van der Waals surface area contributed by atoms with Gasteiger partial charge in [-0.2, -0.15) is 9.97 Å². The third-order valence-corrected chi connectivity index (χ3v) is 11.6. The number of halogens is 1. The number of ether oxygens (including phenoxy) is 4. The first-order chi connectivity index (χ1) is 28.9. The number of nitrogens with zero attached hydrogens (tertiary/aromatic N) is 4. The number of phosphoric ester groups is 1. The van der Waals surface area contributed by atoms with Crippen LogP contribution in [-0.2, 0) is 41.7 Å². The zero-order valence-corrected chi connectivity index (χ0v) is 36.4. The van der Waals surface area contributed by atoms with Crippen molar-refractivity contribution < 1.29 is 59.9 Å². The molecule has 0 aliphatic carbocycles. The topological polar surface area (TPSA) is 282 Å². The predicted molar refractivity (Wildman–Crippen MR) is 216 cm³/mol. The normalized spacial score (nSPS) is 26.5. The Kier molecular flexibility index (Phi) is 15.8. The molecule has 61 heavy (non-hydrogen) atoms. The summed E-state index contributed by atoms with van der Waals surface area (Å²) in [5, 5.41) is 2.47. The van der Waals surface area contributed by atoms with Crippen LogP contribution in [0.15, 0.2) is 52.4 Å². The second-order valence-electron chi connectivity index (χ2n) is 14.0. The van der Waals surface area contributed by atoms with Gasteiger partial charge in [-0.1, -0.05) is 26.8 Å². The van der Waals surface area contributed by atoms with Crippen LogP contribution >= 0.6 is 15.6 Å². The van der Waals surface area contributed by atoms with Crippen molar-refractivity contribution >= 4 is 38.7 Å². The first-order valence-electron chi connectivity index (χ1n) is 19.4. The van der Waals surface area contributed by atoms with Gasteiger partial charge in [0.15, 0.2) is 11.3 Å².